The second-order valence-corrected chi connectivity index (χ2v) is 7.84. The number of ether oxygens (including phenoxy) is 1. The lowest BCUT2D eigenvalue weighted by molar-refractivity contribution is -0.136. The number of amides is 1. The molecule has 1 aliphatic heterocycles. The standard InChI is InChI=1S/C27H23NO3/c1-31-23-15-13-19(14-16-23)25-24(27(30)28(25)22-9-3-2-4-10-22)26(29)21-12-11-18-7-5-6-8-20(18)17-21/h2-17,24-26,29H,1H3/t24?,25-,26+/m1/s1. The summed E-state index contributed by atoms with van der Waals surface area (Å²) in [6.45, 7) is 0. The van der Waals surface area contributed by atoms with Gasteiger partial charge in [-0.1, -0.05) is 66.7 Å². The summed E-state index contributed by atoms with van der Waals surface area (Å²) >= 11 is 0. The SMILES string of the molecule is COc1ccc([C@@H]2C([C@@H](O)c3ccc4ccccc4c3)C(=O)N2c2ccccc2)cc1. The van der Waals surface area contributed by atoms with Gasteiger partial charge in [0.05, 0.1) is 25.2 Å². The summed E-state index contributed by atoms with van der Waals surface area (Å²) in [4.78, 5) is 15.1. The smallest absolute Gasteiger partial charge is 0.236 e. The van der Waals surface area contributed by atoms with Crippen molar-refractivity contribution in [2.24, 2.45) is 5.92 Å². The van der Waals surface area contributed by atoms with Crippen molar-refractivity contribution < 1.29 is 14.6 Å². The molecule has 1 amide bonds. The van der Waals surface area contributed by atoms with E-state index < -0.39 is 12.0 Å². The van der Waals surface area contributed by atoms with E-state index in [1.54, 1.807) is 12.0 Å². The van der Waals surface area contributed by atoms with Gasteiger partial charge in [-0.05, 0) is 52.2 Å². The highest BCUT2D eigenvalue weighted by molar-refractivity contribution is 6.03. The zero-order chi connectivity index (χ0) is 21.4. The molecule has 4 aromatic rings. The number of aliphatic hydroxyl groups excluding tert-OH is 1. The van der Waals surface area contributed by atoms with Crippen LogP contribution in [0.25, 0.3) is 10.8 Å². The molecule has 3 atom stereocenters. The number of rotatable bonds is 5. The number of fused-ring (bicyclic) bond motifs is 1. The molecule has 0 bridgehead atoms. The molecule has 1 saturated heterocycles. The summed E-state index contributed by atoms with van der Waals surface area (Å²) in [5.74, 6) is 0.120. The van der Waals surface area contributed by atoms with Gasteiger partial charge in [0.1, 0.15) is 5.75 Å². The number of β-lactam (4-membered cyclic amide) rings is 1. The number of nitrogens with zero attached hydrogens (tertiary/aromatic N) is 1. The van der Waals surface area contributed by atoms with Crippen molar-refractivity contribution in [3.05, 3.63) is 108 Å². The number of methoxy groups -OCH3 is 1. The highest BCUT2D eigenvalue weighted by Crippen LogP contribution is 2.49. The Kier molecular flexibility index (Phi) is 4.92. The molecule has 0 aromatic heterocycles. The maximum Gasteiger partial charge on any atom is 0.236 e. The van der Waals surface area contributed by atoms with Crippen LogP contribution in [0.1, 0.15) is 23.3 Å². The van der Waals surface area contributed by atoms with Crippen LogP contribution in [0.4, 0.5) is 5.69 Å². The van der Waals surface area contributed by atoms with Gasteiger partial charge in [-0.2, -0.15) is 0 Å². The van der Waals surface area contributed by atoms with E-state index >= 15 is 0 Å². The van der Waals surface area contributed by atoms with Crippen LogP contribution in [-0.2, 0) is 4.79 Å². The summed E-state index contributed by atoms with van der Waals surface area (Å²) < 4.78 is 5.29. The number of anilines is 1. The van der Waals surface area contributed by atoms with Crippen LogP contribution >= 0.6 is 0 Å². The van der Waals surface area contributed by atoms with Crippen LogP contribution < -0.4 is 9.64 Å². The Morgan fingerprint density at radius 3 is 2.23 bits per heavy atom. The van der Waals surface area contributed by atoms with E-state index in [4.69, 9.17) is 4.74 Å². The molecule has 1 heterocycles. The lowest BCUT2D eigenvalue weighted by Gasteiger charge is -2.49. The molecule has 0 spiro atoms. The van der Waals surface area contributed by atoms with Crippen LogP contribution in [-0.4, -0.2) is 18.1 Å². The van der Waals surface area contributed by atoms with E-state index in [-0.39, 0.29) is 11.9 Å². The first-order valence-electron chi connectivity index (χ1n) is 10.4. The minimum Gasteiger partial charge on any atom is -0.497 e. The van der Waals surface area contributed by atoms with Gasteiger partial charge in [-0.15, -0.1) is 0 Å². The van der Waals surface area contributed by atoms with Gasteiger partial charge < -0.3 is 14.7 Å². The van der Waals surface area contributed by atoms with E-state index in [0.29, 0.717) is 0 Å². The Morgan fingerprint density at radius 1 is 0.839 bits per heavy atom. The van der Waals surface area contributed by atoms with Crippen LogP contribution in [0.5, 0.6) is 5.75 Å². The first-order chi connectivity index (χ1) is 15.2. The second kappa shape index (κ2) is 7.89. The van der Waals surface area contributed by atoms with Crippen LogP contribution in [0, 0.1) is 5.92 Å². The quantitative estimate of drug-likeness (QED) is 0.456. The summed E-state index contributed by atoms with van der Waals surface area (Å²) in [7, 11) is 1.63. The second-order valence-electron chi connectivity index (χ2n) is 7.84. The monoisotopic (exact) mass is 409 g/mol. The first-order valence-corrected chi connectivity index (χ1v) is 10.4. The molecule has 0 aliphatic carbocycles. The zero-order valence-corrected chi connectivity index (χ0v) is 17.2. The molecule has 1 unspecified atom stereocenters. The highest BCUT2D eigenvalue weighted by Gasteiger charge is 2.52. The van der Waals surface area contributed by atoms with Crippen molar-refractivity contribution in [2.45, 2.75) is 12.1 Å². The minimum atomic E-state index is -0.899. The molecular formula is C27H23NO3. The fourth-order valence-electron chi connectivity index (χ4n) is 4.45. The molecule has 31 heavy (non-hydrogen) atoms. The number of carbonyl (C=O) groups is 1. The number of hydrogen-bond acceptors (Lipinski definition) is 3. The maximum atomic E-state index is 13.3. The number of aliphatic hydroxyl groups is 1. The van der Waals surface area contributed by atoms with Crippen LogP contribution in [0.15, 0.2) is 97.1 Å². The normalized spacial score (nSPS) is 19.2. The van der Waals surface area contributed by atoms with E-state index in [9.17, 15) is 9.90 Å². The molecule has 1 aliphatic rings. The van der Waals surface area contributed by atoms with E-state index in [1.807, 2.05) is 97.1 Å². The molecule has 4 nitrogen and oxygen atoms in total. The van der Waals surface area contributed by atoms with Crippen LogP contribution in [0.3, 0.4) is 0 Å². The largest absolute Gasteiger partial charge is 0.497 e. The Hall–Kier alpha value is -3.63. The van der Waals surface area contributed by atoms with Gasteiger partial charge in [-0.25, -0.2) is 0 Å². The minimum absolute atomic E-state index is 0.0762. The molecule has 1 N–H and O–H groups in total. The molecule has 1 fully saturated rings. The summed E-state index contributed by atoms with van der Waals surface area (Å²) in [5.41, 5.74) is 2.55. The zero-order valence-electron chi connectivity index (χ0n) is 17.2. The third-order valence-corrected chi connectivity index (χ3v) is 6.09. The number of para-hydroxylation sites is 1. The lowest BCUT2D eigenvalue weighted by atomic mass is 9.76. The van der Waals surface area contributed by atoms with Crippen molar-refractivity contribution >= 4 is 22.4 Å². The molecule has 0 saturated carbocycles. The highest BCUT2D eigenvalue weighted by atomic mass is 16.5. The molecule has 5 rings (SSSR count). The van der Waals surface area contributed by atoms with Gasteiger partial charge in [0.15, 0.2) is 0 Å². The number of carbonyl (C=O) groups excluding carboxylic acids is 1. The van der Waals surface area contributed by atoms with Gasteiger partial charge in [0.2, 0.25) is 5.91 Å². The van der Waals surface area contributed by atoms with Crippen molar-refractivity contribution in [1.82, 2.24) is 0 Å². The predicted octanol–water partition coefficient (Wildman–Crippen LogP) is 5.29. The van der Waals surface area contributed by atoms with Crippen molar-refractivity contribution in [1.29, 1.82) is 0 Å². The summed E-state index contributed by atoms with van der Waals surface area (Å²) in [5, 5.41) is 13.5. The fraction of sp³-hybridized carbons (Fsp3) is 0.148. The van der Waals surface area contributed by atoms with Gasteiger partial charge in [0.25, 0.3) is 0 Å². The summed E-state index contributed by atoms with van der Waals surface area (Å²) in [6.07, 6.45) is -0.899. The van der Waals surface area contributed by atoms with Gasteiger partial charge >= 0.3 is 0 Å². The Balaban J connectivity index is 1.54. The average molecular weight is 409 g/mol. The third kappa shape index (κ3) is 3.35. The van der Waals surface area contributed by atoms with Crippen molar-refractivity contribution in [3.8, 4) is 5.75 Å². The van der Waals surface area contributed by atoms with E-state index in [0.717, 1.165) is 33.3 Å². The average Bonchev–Trinajstić information content (AvgIpc) is 2.83. The Morgan fingerprint density at radius 2 is 1.52 bits per heavy atom. The fourth-order valence-corrected chi connectivity index (χ4v) is 4.45. The van der Waals surface area contributed by atoms with Crippen LogP contribution in [0.2, 0.25) is 0 Å². The lowest BCUT2D eigenvalue weighted by Crippen LogP contribution is -2.57. The number of benzene rings is 4. The third-order valence-electron chi connectivity index (χ3n) is 6.09. The molecule has 4 heteroatoms. The number of hydrogen-bond donors (Lipinski definition) is 1. The molecule has 154 valence electrons. The van der Waals surface area contributed by atoms with Crippen molar-refractivity contribution in [3.63, 3.8) is 0 Å². The van der Waals surface area contributed by atoms with Crippen molar-refractivity contribution in [2.75, 3.05) is 12.0 Å². The van der Waals surface area contributed by atoms with E-state index in [1.165, 1.54) is 0 Å². The first kappa shape index (κ1) is 19.3. The predicted molar refractivity (Wildman–Crippen MR) is 122 cm³/mol. The molecule has 4 aromatic carbocycles. The van der Waals surface area contributed by atoms with Gasteiger partial charge in [-0.3, -0.25) is 4.79 Å². The van der Waals surface area contributed by atoms with Gasteiger partial charge in [0, 0.05) is 5.69 Å². The Bertz CT molecular complexity index is 1220. The Labute approximate surface area is 181 Å². The topological polar surface area (TPSA) is 49.8 Å². The molecule has 0 radical (unpaired) electrons. The molecular weight excluding hydrogens is 386 g/mol. The summed E-state index contributed by atoms with van der Waals surface area (Å²) in [6, 6.07) is 31.0. The van der Waals surface area contributed by atoms with E-state index in [2.05, 4.69) is 0 Å². The maximum absolute atomic E-state index is 13.3.